The zero-order valence-corrected chi connectivity index (χ0v) is 19.9. The van der Waals surface area contributed by atoms with Gasteiger partial charge < -0.3 is 10.4 Å². The second-order valence-electron chi connectivity index (χ2n) is 8.61. The fourth-order valence-electron chi connectivity index (χ4n) is 3.91. The molecular formula is C30H21F3N2O3. The summed E-state index contributed by atoms with van der Waals surface area (Å²) in [6.07, 6.45) is -4.35. The number of hydrogen-bond donors (Lipinski definition) is 2. The molecular weight excluding hydrogens is 493 g/mol. The van der Waals surface area contributed by atoms with Crippen molar-refractivity contribution < 1.29 is 27.9 Å². The third kappa shape index (κ3) is 6.26. The van der Waals surface area contributed by atoms with Crippen molar-refractivity contribution in [1.29, 1.82) is 5.26 Å². The predicted octanol–water partition coefficient (Wildman–Crippen LogP) is 6.34. The number of nitrogens with one attached hydrogen (secondary N) is 1. The zero-order chi connectivity index (χ0) is 27.3. The van der Waals surface area contributed by atoms with E-state index in [-0.39, 0.29) is 12.0 Å². The van der Waals surface area contributed by atoms with Gasteiger partial charge in [0, 0.05) is 12.0 Å². The lowest BCUT2D eigenvalue weighted by atomic mass is 9.99. The number of halogens is 3. The number of carbonyl (C=O) groups excluding carboxylic acids is 1. The summed E-state index contributed by atoms with van der Waals surface area (Å²) in [6.45, 7) is 0. The molecule has 8 heteroatoms. The first-order valence-corrected chi connectivity index (χ1v) is 11.5. The number of aliphatic carboxylic acids is 1. The molecule has 1 atom stereocenters. The third-order valence-corrected chi connectivity index (χ3v) is 6.04. The van der Waals surface area contributed by atoms with Gasteiger partial charge in [-0.15, -0.1) is 0 Å². The van der Waals surface area contributed by atoms with E-state index in [4.69, 9.17) is 5.26 Å². The van der Waals surface area contributed by atoms with Crippen molar-refractivity contribution in [3.8, 4) is 28.3 Å². The number of carbonyl (C=O) groups is 2. The molecule has 4 aromatic carbocycles. The third-order valence-electron chi connectivity index (χ3n) is 6.04. The Balaban J connectivity index is 1.41. The van der Waals surface area contributed by atoms with Crippen LogP contribution in [0.1, 0.15) is 27.0 Å². The minimum atomic E-state index is -4.42. The van der Waals surface area contributed by atoms with E-state index in [0.717, 1.165) is 23.3 Å². The molecule has 5 nitrogen and oxygen atoms in total. The van der Waals surface area contributed by atoms with Gasteiger partial charge in [0.15, 0.2) is 0 Å². The van der Waals surface area contributed by atoms with Gasteiger partial charge in [-0.05, 0) is 64.2 Å². The number of nitriles is 1. The van der Waals surface area contributed by atoms with Crippen LogP contribution in [-0.4, -0.2) is 23.0 Å². The van der Waals surface area contributed by atoms with Gasteiger partial charge in [-0.2, -0.15) is 18.4 Å². The standard InChI is InChI=1S/C30H21F3N2O3/c31-30(32,33)26-15-13-24(14-16-26)23-9-11-25(12-10-23)28(36)35-27(29(37)38)17-19-1-5-21(6-2-19)22-7-3-20(18-34)4-8-22/h1-16,27H,17H2,(H,35,36)(H,37,38)/t27-/m0/s1. The molecule has 0 bridgehead atoms. The minimum absolute atomic E-state index is 0.0678. The van der Waals surface area contributed by atoms with Gasteiger partial charge in [0.1, 0.15) is 6.04 Å². The SMILES string of the molecule is N#Cc1ccc(-c2ccc(C[C@H](NC(=O)c3ccc(-c4ccc(C(F)(F)F)cc4)cc3)C(=O)O)cc2)cc1. The van der Waals surface area contributed by atoms with E-state index in [1.54, 1.807) is 36.4 Å². The highest BCUT2D eigenvalue weighted by Gasteiger charge is 2.30. The Morgan fingerprint density at radius 3 is 1.66 bits per heavy atom. The van der Waals surface area contributed by atoms with Gasteiger partial charge in [-0.25, -0.2) is 4.79 Å². The van der Waals surface area contributed by atoms with Crippen LogP contribution in [0.4, 0.5) is 13.2 Å². The highest BCUT2D eigenvalue weighted by atomic mass is 19.4. The molecule has 0 fully saturated rings. The van der Waals surface area contributed by atoms with Crippen LogP contribution in [0.3, 0.4) is 0 Å². The first-order valence-electron chi connectivity index (χ1n) is 11.5. The normalized spacial score (nSPS) is 11.8. The van der Waals surface area contributed by atoms with E-state index in [9.17, 15) is 27.9 Å². The monoisotopic (exact) mass is 514 g/mol. The summed E-state index contributed by atoms with van der Waals surface area (Å²) < 4.78 is 38.3. The molecule has 1 amide bonds. The van der Waals surface area contributed by atoms with Gasteiger partial charge in [-0.3, -0.25) is 4.79 Å². The minimum Gasteiger partial charge on any atom is -0.480 e. The van der Waals surface area contributed by atoms with E-state index in [0.29, 0.717) is 22.3 Å². The van der Waals surface area contributed by atoms with Crippen molar-refractivity contribution >= 4 is 11.9 Å². The first kappa shape index (κ1) is 26.2. The van der Waals surface area contributed by atoms with E-state index >= 15 is 0 Å². The number of hydrogen-bond acceptors (Lipinski definition) is 3. The van der Waals surface area contributed by atoms with E-state index < -0.39 is 29.7 Å². The van der Waals surface area contributed by atoms with E-state index in [2.05, 4.69) is 11.4 Å². The maximum Gasteiger partial charge on any atom is 0.416 e. The lowest BCUT2D eigenvalue weighted by molar-refractivity contribution is -0.139. The summed E-state index contributed by atoms with van der Waals surface area (Å²) >= 11 is 0. The Morgan fingerprint density at radius 1 is 0.763 bits per heavy atom. The van der Waals surface area contributed by atoms with E-state index in [1.165, 1.54) is 24.3 Å². The molecule has 0 aliphatic carbocycles. The van der Waals surface area contributed by atoms with Crippen LogP contribution in [0.25, 0.3) is 22.3 Å². The molecule has 0 heterocycles. The fourth-order valence-corrected chi connectivity index (χ4v) is 3.91. The Labute approximate surface area is 216 Å². The number of alkyl halides is 3. The van der Waals surface area contributed by atoms with Gasteiger partial charge in [-0.1, -0.05) is 60.7 Å². The van der Waals surface area contributed by atoms with Crippen molar-refractivity contribution in [3.05, 3.63) is 119 Å². The first-order chi connectivity index (χ1) is 18.1. The number of carboxylic acid groups (broad SMARTS) is 1. The summed E-state index contributed by atoms with van der Waals surface area (Å²) in [6, 6.07) is 26.1. The predicted molar refractivity (Wildman–Crippen MR) is 136 cm³/mol. The molecule has 0 unspecified atom stereocenters. The van der Waals surface area contributed by atoms with Gasteiger partial charge in [0.2, 0.25) is 0 Å². The number of rotatable bonds is 7. The smallest absolute Gasteiger partial charge is 0.416 e. The quantitative estimate of drug-likeness (QED) is 0.301. The second-order valence-corrected chi connectivity index (χ2v) is 8.61. The summed E-state index contributed by atoms with van der Waals surface area (Å²) in [5.74, 6) is -1.76. The second kappa shape index (κ2) is 11.0. The maximum absolute atomic E-state index is 12.8. The Kier molecular flexibility index (Phi) is 7.58. The summed E-state index contributed by atoms with van der Waals surface area (Å²) in [4.78, 5) is 24.6. The summed E-state index contributed by atoms with van der Waals surface area (Å²) in [7, 11) is 0. The molecule has 0 saturated carbocycles. The average molecular weight is 515 g/mol. The lowest BCUT2D eigenvalue weighted by Crippen LogP contribution is -2.42. The van der Waals surface area contributed by atoms with Crippen LogP contribution in [0.2, 0.25) is 0 Å². The number of amides is 1. The van der Waals surface area contributed by atoms with Crippen molar-refractivity contribution in [2.24, 2.45) is 0 Å². The number of benzene rings is 4. The molecule has 190 valence electrons. The topological polar surface area (TPSA) is 90.2 Å². The maximum atomic E-state index is 12.8. The van der Waals surface area contributed by atoms with Gasteiger partial charge in [0.25, 0.3) is 5.91 Å². The van der Waals surface area contributed by atoms with Gasteiger partial charge >= 0.3 is 12.1 Å². The largest absolute Gasteiger partial charge is 0.480 e. The Bertz CT molecular complexity index is 1470. The molecule has 4 aromatic rings. The molecule has 0 saturated heterocycles. The van der Waals surface area contributed by atoms with Crippen LogP contribution in [0.15, 0.2) is 97.1 Å². The number of carboxylic acids is 1. The van der Waals surface area contributed by atoms with Crippen LogP contribution in [0, 0.1) is 11.3 Å². The van der Waals surface area contributed by atoms with Crippen LogP contribution >= 0.6 is 0 Å². The summed E-state index contributed by atoms with van der Waals surface area (Å²) in [5.41, 5.74) is 3.74. The van der Waals surface area contributed by atoms with Crippen molar-refractivity contribution in [2.75, 3.05) is 0 Å². The Morgan fingerprint density at radius 2 is 1.21 bits per heavy atom. The average Bonchev–Trinajstić information content (AvgIpc) is 2.93. The van der Waals surface area contributed by atoms with Crippen LogP contribution in [-0.2, 0) is 17.4 Å². The molecule has 0 aliphatic heterocycles. The van der Waals surface area contributed by atoms with Crippen molar-refractivity contribution in [3.63, 3.8) is 0 Å². The fraction of sp³-hybridized carbons (Fsp3) is 0.100. The highest BCUT2D eigenvalue weighted by Crippen LogP contribution is 2.31. The van der Waals surface area contributed by atoms with E-state index in [1.807, 2.05) is 24.3 Å². The van der Waals surface area contributed by atoms with Crippen LogP contribution in [0.5, 0.6) is 0 Å². The van der Waals surface area contributed by atoms with Gasteiger partial charge in [0.05, 0.1) is 17.2 Å². The van der Waals surface area contributed by atoms with Crippen LogP contribution < -0.4 is 5.32 Å². The molecule has 38 heavy (non-hydrogen) atoms. The van der Waals surface area contributed by atoms with Crippen molar-refractivity contribution in [2.45, 2.75) is 18.6 Å². The van der Waals surface area contributed by atoms with Crippen molar-refractivity contribution in [1.82, 2.24) is 5.32 Å². The molecule has 0 aliphatic rings. The highest BCUT2D eigenvalue weighted by molar-refractivity contribution is 5.97. The molecule has 0 radical (unpaired) electrons. The zero-order valence-electron chi connectivity index (χ0n) is 19.9. The molecule has 2 N–H and O–H groups in total. The lowest BCUT2D eigenvalue weighted by Gasteiger charge is -2.15. The summed E-state index contributed by atoms with van der Waals surface area (Å²) in [5, 5.41) is 21.1. The molecule has 4 rings (SSSR count). The molecule has 0 aromatic heterocycles. The Hall–Kier alpha value is -4.90. The number of nitrogens with zero attached hydrogens (tertiary/aromatic N) is 1. The molecule has 0 spiro atoms.